The Hall–Kier alpha value is -3.42. The van der Waals surface area contributed by atoms with Crippen molar-refractivity contribution in [1.82, 2.24) is 15.2 Å². The van der Waals surface area contributed by atoms with Gasteiger partial charge < -0.3 is 19.9 Å². The average molecular weight is 394 g/mol. The molecule has 8 heteroatoms. The summed E-state index contributed by atoms with van der Waals surface area (Å²) in [5.41, 5.74) is 2.53. The van der Waals surface area contributed by atoms with E-state index in [-0.39, 0.29) is 5.82 Å². The van der Waals surface area contributed by atoms with E-state index >= 15 is 0 Å². The molecule has 0 atom stereocenters. The van der Waals surface area contributed by atoms with Crippen LogP contribution in [0.1, 0.15) is 5.56 Å². The zero-order valence-electron chi connectivity index (χ0n) is 16.5. The fourth-order valence-electron chi connectivity index (χ4n) is 3.42. The lowest BCUT2D eigenvalue weighted by Crippen LogP contribution is -2.47. The zero-order chi connectivity index (χ0) is 20.2. The Morgan fingerprint density at radius 1 is 1.03 bits per heavy atom. The SMILES string of the molecule is COc1ccc(C)cc1Nc1nncc(N2CCN(c3ccccc3F)CC2)n1. The molecule has 0 bridgehead atoms. The normalized spacial score (nSPS) is 14.0. The van der Waals surface area contributed by atoms with Crippen LogP contribution in [0.2, 0.25) is 0 Å². The number of rotatable bonds is 5. The Balaban J connectivity index is 1.46. The van der Waals surface area contributed by atoms with Gasteiger partial charge in [0.15, 0.2) is 5.82 Å². The predicted octanol–water partition coefficient (Wildman–Crippen LogP) is 3.40. The summed E-state index contributed by atoms with van der Waals surface area (Å²) in [6.07, 6.45) is 1.65. The van der Waals surface area contributed by atoms with Gasteiger partial charge in [-0.3, -0.25) is 0 Å². The van der Waals surface area contributed by atoms with Crippen LogP contribution < -0.4 is 19.9 Å². The molecule has 2 heterocycles. The minimum atomic E-state index is -0.191. The van der Waals surface area contributed by atoms with Crippen LogP contribution in [0.4, 0.5) is 27.5 Å². The predicted molar refractivity (Wildman–Crippen MR) is 112 cm³/mol. The summed E-state index contributed by atoms with van der Waals surface area (Å²) in [4.78, 5) is 8.79. The number of aryl methyl sites for hydroxylation is 1. The van der Waals surface area contributed by atoms with Gasteiger partial charge in [-0.15, -0.1) is 5.10 Å². The minimum Gasteiger partial charge on any atom is -0.495 e. The zero-order valence-corrected chi connectivity index (χ0v) is 16.5. The third kappa shape index (κ3) is 4.21. The van der Waals surface area contributed by atoms with Crippen molar-refractivity contribution in [3.05, 3.63) is 60.0 Å². The highest BCUT2D eigenvalue weighted by atomic mass is 19.1. The first-order valence-electron chi connectivity index (χ1n) is 9.50. The summed E-state index contributed by atoms with van der Waals surface area (Å²) < 4.78 is 19.4. The first-order chi connectivity index (χ1) is 14.1. The number of nitrogens with one attached hydrogen (secondary N) is 1. The summed E-state index contributed by atoms with van der Waals surface area (Å²) in [5, 5.41) is 11.4. The number of para-hydroxylation sites is 1. The molecule has 2 aromatic carbocycles. The second kappa shape index (κ2) is 8.30. The molecule has 3 aromatic rings. The Bertz CT molecular complexity index is 990. The van der Waals surface area contributed by atoms with Crippen LogP contribution in [0.3, 0.4) is 0 Å². The summed E-state index contributed by atoms with van der Waals surface area (Å²) >= 11 is 0. The van der Waals surface area contributed by atoms with Crippen molar-refractivity contribution in [3.8, 4) is 5.75 Å². The maximum Gasteiger partial charge on any atom is 0.249 e. The van der Waals surface area contributed by atoms with Gasteiger partial charge in [-0.2, -0.15) is 10.1 Å². The molecule has 29 heavy (non-hydrogen) atoms. The largest absolute Gasteiger partial charge is 0.495 e. The topological polar surface area (TPSA) is 66.4 Å². The summed E-state index contributed by atoms with van der Waals surface area (Å²) in [7, 11) is 1.63. The standard InChI is InChI=1S/C21H23FN6O/c1-15-7-8-19(29-2)17(13-15)24-21-25-20(14-23-26-21)28-11-9-27(10-12-28)18-6-4-3-5-16(18)22/h3-8,13-14H,9-12H2,1-2H3,(H,24,25,26). The maximum atomic E-state index is 14.0. The van der Waals surface area contributed by atoms with Gasteiger partial charge >= 0.3 is 0 Å². The van der Waals surface area contributed by atoms with Crippen molar-refractivity contribution in [3.63, 3.8) is 0 Å². The van der Waals surface area contributed by atoms with Gasteiger partial charge in [0, 0.05) is 26.2 Å². The molecule has 150 valence electrons. The van der Waals surface area contributed by atoms with Gasteiger partial charge in [0.25, 0.3) is 0 Å². The third-order valence-corrected chi connectivity index (χ3v) is 4.94. The maximum absolute atomic E-state index is 14.0. The molecule has 0 spiro atoms. The van der Waals surface area contributed by atoms with Crippen LogP contribution in [0, 0.1) is 12.7 Å². The molecule has 0 radical (unpaired) electrons. The fourth-order valence-corrected chi connectivity index (χ4v) is 3.42. The van der Waals surface area contributed by atoms with Crippen LogP contribution in [0.25, 0.3) is 0 Å². The van der Waals surface area contributed by atoms with Gasteiger partial charge in [0.05, 0.1) is 24.7 Å². The van der Waals surface area contributed by atoms with E-state index in [1.54, 1.807) is 19.4 Å². The first kappa shape index (κ1) is 18.9. The number of hydrogen-bond donors (Lipinski definition) is 1. The van der Waals surface area contributed by atoms with Crippen LogP contribution >= 0.6 is 0 Å². The molecular formula is C21H23FN6O. The van der Waals surface area contributed by atoms with Crippen LogP contribution in [-0.2, 0) is 0 Å². The molecule has 7 nitrogen and oxygen atoms in total. The highest BCUT2D eigenvalue weighted by Gasteiger charge is 2.21. The minimum absolute atomic E-state index is 0.191. The Morgan fingerprint density at radius 2 is 1.79 bits per heavy atom. The molecule has 0 aliphatic carbocycles. The van der Waals surface area contributed by atoms with Crippen LogP contribution in [-0.4, -0.2) is 48.5 Å². The number of ether oxygens (including phenoxy) is 1. The summed E-state index contributed by atoms with van der Waals surface area (Å²) in [6.45, 7) is 4.87. The second-order valence-electron chi connectivity index (χ2n) is 6.89. The molecule has 4 rings (SSSR count). The van der Waals surface area contributed by atoms with Crippen molar-refractivity contribution in [2.24, 2.45) is 0 Å². The van der Waals surface area contributed by atoms with E-state index in [1.807, 2.05) is 37.3 Å². The van der Waals surface area contributed by atoms with E-state index in [2.05, 4.69) is 30.3 Å². The van der Waals surface area contributed by atoms with Crippen molar-refractivity contribution in [2.75, 3.05) is 48.4 Å². The van der Waals surface area contributed by atoms with Gasteiger partial charge in [-0.25, -0.2) is 4.39 Å². The number of halogens is 1. The van der Waals surface area contributed by atoms with Gasteiger partial charge in [0.1, 0.15) is 11.6 Å². The second-order valence-corrected chi connectivity index (χ2v) is 6.89. The van der Waals surface area contributed by atoms with Crippen molar-refractivity contribution < 1.29 is 9.13 Å². The number of methoxy groups -OCH3 is 1. The Labute approximate surface area is 169 Å². The molecular weight excluding hydrogens is 371 g/mol. The molecule has 0 amide bonds. The highest BCUT2D eigenvalue weighted by Crippen LogP contribution is 2.28. The smallest absolute Gasteiger partial charge is 0.249 e. The molecule has 1 N–H and O–H groups in total. The average Bonchev–Trinajstić information content (AvgIpc) is 2.75. The van der Waals surface area contributed by atoms with E-state index in [1.165, 1.54) is 6.07 Å². The van der Waals surface area contributed by atoms with Gasteiger partial charge in [-0.1, -0.05) is 18.2 Å². The van der Waals surface area contributed by atoms with Crippen LogP contribution in [0.15, 0.2) is 48.7 Å². The van der Waals surface area contributed by atoms with Crippen molar-refractivity contribution >= 4 is 23.1 Å². The molecule has 0 unspecified atom stereocenters. The monoisotopic (exact) mass is 394 g/mol. The lowest BCUT2D eigenvalue weighted by Gasteiger charge is -2.36. The Morgan fingerprint density at radius 3 is 2.55 bits per heavy atom. The third-order valence-electron chi connectivity index (χ3n) is 4.94. The van der Waals surface area contributed by atoms with Gasteiger partial charge in [0.2, 0.25) is 5.95 Å². The molecule has 0 saturated carbocycles. The Kier molecular flexibility index (Phi) is 5.41. The number of piperazine rings is 1. The number of anilines is 4. The highest BCUT2D eigenvalue weighted by molar-refractivity contribution is 5.64. The van der Waals surface area contributed by atoms with E-state index in [9.17, 15) is 4.39 Å². The molecule has 1 aliphatic heterocycles. The van der Waals surface area contributed by atoms with E-state index < -0.39 is 0 Å². The van der Waals surface area contributed by atoms with E-state index in [0.717, 1.165) is 30.2 Å². The van der Waals surface area contributed by atoms with Crippen LogP contribution in [0.5, 0.6) is 5.75 Å². The number of aromatic nitrogens is 3. The number of benzene rings is 2. The number of nitrogens with zero attached hydrogens (tertiary/aromatic N) is 5. The molecule has 1 saturated heterocycles. The van der Waals surface area contributed by atoms with E-state index in [0.29, 0.717) is 30.5 Å². The quantitative estimate of drug-likeness (QED) is 0.711. The summed E-state index contributed by atoms with van der Waals surface area (Å²) in [5.74, 6) is 1.66. The first-order valence-corrected chi connectivity index (χ1v) is 9.50. The van der Waals surface area contributed by atoms with Crippen molar-refractivity contribution in [1.29, 1.82) is 0 Å². The lowest BCUT2D eigenvalue weighted by molar-refractivity contribution is 0.416. The molecule has 1 aliphatic rings. The fraction of sp³-hybridized carbons (Fsp3) is 0.286. The van der Waals surface area contributed by atoms with Crippen molar-refractivity contribution in [2.45, 2.75) is 6.92 Å². The van der Waals surface area contributed by atoms with E-state index in [4.69, 9.17) is 4.74 Å². The number of hydrogen-bond acceptors (Lipinski definition) is 7. The molecule has 1 fully saturated rings. The van der Waals surface area contributed by atoms with Gasteiger partial charge in [-0.05, 0) is 36.8 Å². The molecule has 1 aromatic heterocycles. The lowest BCUT2D eigenvalue weighted by atomic mass is 10.2. The summed E-state index contributed by atoms with van der Waals surface area (Å²) in [6, 6.07) is 12.7.